The van der Waals surface area contributed by atoms with Gasteiger partial charge >= 0.3 is 16.1 Å². The number of hydrogen-bond acceptors (Lipinski definition) is 6. The molecule has 1 fully saturated rings. The Hall–Kier alpha value is -1.41. The minimum atomic E-state index is -3.81. The highest BCUT2D eigenvalue weighted by molar-refractivity contribution is 7.87. The highest BCUT2D eigenvalue weighted by Crippen LogP contribution is 2.18. The third-order valence-electron chi connectivity index (χ3n) is 1.97. The number of ether oxygens (including phenoxy) is 1. The van der Waals surface area contributed by atoms with Crippen LogP contribution < -0.4 is 5.32 Å². The summed E-state index contributed by atoms with van der Waals surface area (Å²) in [4.78, 5) is 22.3. The Morgan fingerprint density at radius 1 is 1.53 bits per heavy atom. The third-order valence-corrected chi connectivity index (χ3v) is 3.44. The first-order valence-electron chi connectivity index (χ1n) is 4.84. The molecule has 0 aromatic rings. The van der Waals surface area contributed by atoms with Crippen molar-refractivity contribution >= 4 is 22.0 Å². The van der Waals surface area contributed by atoms with Gasteiger partial charge in [-0.2, -0.15) is 8.42 Å². The molecule has 1 heterocycles. The molecule has 0 bridgehead atoms. The van der Waals surface area contributed by atoms with Gasteiger partial charge in [0.25, 0.3) is 0 Å². The van der Waals surface area contributed by atoms with E-state index in [2.05, 4.69) is 20.8 Å². The maximum Gasteiger partial charge on any atom is 0.326 e. The summed E-state index contributed by atoms with van der Waals surface area (Å²) in [5.74, 6) is -1.33. The van der Waals surface area contributed by atoms with E-state index in [0.29, 0.717) is 0 Å². The maximum atomic E-state index is 11.2. The number of carbonyl (C=O) groups excluding carboxylic acids is 2. The number of carbonyl (C=O) groups is 2. The predicted octanol–water partition coefficient (Wildman–Crippen LogP) is -0.702. The van der Waals surface area contributed by atoms with Crippen LogP contribution in [0.1, 0.15) is 13.3 Å². The first-order chi connectivity index (χ1) is 7.83. The quantitative estimate of drug-likeness (QED) is 0.409. The molecule has 8 heteroatoms. The topological polar surface area (TPSA) is 98.8 Å². The first-order valence-corrected chi connectivity index (χ1v) is 6.31. The fourth-order valence-electron chi connectivity index (χ4n) is 1.09. The second-order valence-corrected chi connectivity index (χ2v) is 5.23. The van der Waals surface area contributed by atoms with E-state index in [1.807, 2.05) is 0 Å². The average Bonchev–Trinajstić information content (AvgIpc) is 2.54. The molecule has 0 aliphatic carbocycles. The Kier molecular flexibility index (Phi) is 4.24. The smallest absolute Gasteiger partial charge is 0.326 e. The summed E-state index contributed by atoms with van der Waals surface area (Å²) in [6.07, 6.45) is 0.0997. The molecule has 1 unspecified atom stereocenters. The lowest BCUT2D eigenvalue weighted by Crippen LogP contribution is -2.33. The monoisotopic (exact) mass is 263 g/mol. The fourth-order valence-corrected chi connectivity index (χ4v) is 2.18. The van der Waals surface area contributed by atoms with E-state index in [4.69, 9.17) is 0 Å². The summed E-state index contributed by atoms with van der Waals surface area (Å²) in [7, 11) is -3.81. The van der Waals surface area contributed by atoms with Crippen molar-refractivity contribution in [1.82, 2.24) is 5.32 Å². The Morgan fingerprint density at radius 3 is 2.65 bits per heavy atom. The van der Waals surface area contributed by atoms with Crippen molar-refractivity contribution in [2.24, 2.45) is 0 Å². The summed E-state index contributed by atoms with van der Waals surface area (Å²) in [5, 5.41) is 2.23. The molecule has 1 amide bonds. The van der Waals surface area contributed by atoms with Gasteiger partial charge in [-0.15, -0.1) is 0 Å². The van der Waals surface area contributed by atoms with Gasteiger partial charge in [0.1, 0.15) is 6.54 Å². The van der Waals surface area contributed by atoms with Crippen molar-refractivity contribution in [1.29, 1.82) is 0 Å². The summed E-state index contributed by atoms with van der Waals surface area (Å²) >= 11 is 0. The van der Waals surface area contributed by atoms with Gasteiger partial charge in [-0.25, -0.2) is 0 Å². The average molecular weight is 263 g/mol. The van der Waals surface area contributed by atoms with Crippen molar-refractivity contribution < 1.29 is 26.9 Å². The molecule has 17 heavy (non-hydrogen) atoms. The second-order valence-electron chi connectivity index (χ2n) is 3.49. The van der Waals surface area contributed by atoms with Crippen molar-refractivity contribution in [3.05, 3.63) is 12.2 Å². The largest absolute Gasteiger partial charge is 0.442 e. The van der Waals surface area contributed by atoms with Crippen LogP contribution in [0.25, 0.3) is 0 Å². The molecule has 0 aromatic heterocycles. The SMILES string of the molecule is C=C(C)C(=O)NCC(=O)OC1CCOS1(=O)=O. The normalized spacial score (nSPS) is 21.8. The van der Waals surface area contributed by atoms with Gasteiger partial charge in [0.15, 0.2) is 0 Å². The van der Waals surface area contributed by atoms with Crippen LogP contribution in [0.15, 0.2) is 12.2 Å². The number of nitrogens with one attached hydrogen (secondary N) is 1. The molecule has 1 atom stereocenters. The molecule has 96 valence electrons. The zero-order valence-electron chi connectivity index (χ0n) is 9.26. The molecule has 1 aliphatic rings. The lowest BCUT2D eigenvalue weighted by Gasteiger charge is -2.10. The Morgan fingerprint density at radius 2 is 2.18 bits per heavy atom. The standard InChI is InChI=1S/C9H13NO6S/c1-6(2)9(12)10-5-7(11)16-8-3-4-15-17(8,13)14/h8H,1,3-5H2,2H3,(H,10,12). The van der Waals surface area contributed by atoms with Gasteiger partial charge in [-0.05, 0) is 6.92 Å². The van der Waals surface area contributed by atoms with Gasteiger partial charge in [0, 0.05) is 12.0 Å². The predicted molar refractivity (Wildman–Crippen MR) is 57.2 cm³/mol. The van der Waals surface area contributed by atoms with Gasteiger partial charge in [-0.1, -0.05) is 6.58 Å². The number of hydrogen-bond donors (Lipinski definition) is 1. The minimum Gasteiger partial charge on any atom is -0.442 e. The molecule has 7 nitrogen and oxygen atoms in total. The van der Waals surface area contributed by atoms with Crippen LogP contribution in [0.5, 0.6) is 0 Å². The van der Waals surface area contributed by atoms with E-state index in [1.165, 1.54) is 6.92 Å². The molecule has 1 N–H and O–H groups in total. The van der Waals surface area contributed by atoms with E-state index in [1.54, 1.807) is 0 Å². The van der Waals surface area contributed by atoms with Gasteiger partial charge in [0.05, 0.1) is 6.61 Å². The Labute approximate surface area is 98.9 Å². The van der Waals surface area contributed by atoms with Gasteiger partial charge in [-0.3, -0.25) is 13.8 Å². The zero-order valence-corrected chi connectivity index (χ0v) is 10.1. The van der Waals surface area contributed by atoms with Crippen LogP contribution in [0.3, 0.4) is 0 Å². The van der Waals surface area contributed by atoms with Crippen LogP contribution in [0.4, 0.5) is 0 Å². The molecule has 0 radical (unpaired) electrons. The van der Waals surface area contributed by atoms with E-state index >= 15 is 0 Å². The molecule has 1 saturated heterocycles. The van der Waals surface area contributed by atoms with Crippen molar-refractivity contribution in [2.75, 3.05) is 13.2 Å². The lowest BCUT2D eigenvalue weighted by molar-refractivity contribution is -0.145. The van der Waals surface area contributed by atoms with Crippen molar-refractivity contribution in [2.45, 2.75) is 18.8 Å². The van der Waals surface area contributed by atoms with E-state index in [0.717, 1.165) is 0 Å². The van der Waals surface area contributed by atoms with E-state index < -0.39 is 34.0 Å². The van der Waals surface area contributed by atoms with Crippen LogP contribution in [-0.4, -0.2) is 38.9 Å². The van der Waals surface area contributed by atoms with Gasteiger partial charge in [0.2, 0.25) is 11.3 Å². The molecule has 0 spiro atoms. The first kappa shape index (κ1) is 13.7. The number of rotatable bonds is 4. The zero-order chi connectivity index (χ0) is 13.1. The number of esters is 1. The summed E-state index contributed by atoms with van der Waals surface area (Å²) in [6, 6.07) is 0. The van der Waals surface area contributed by atoms with Gasteiger partial charge < -0.3 is 10.1 Å². The van der Waals surface area contributed by atoms with Crippen molar-refractivity contribution in [3.63, 3.8) is 0 Å². The van der Waals surface area contributed by atoms with Crippen LogP contribution >= 0.6 is 0 Å². The van der Waals surface area contributed by atoms with Crippen LogP contribution in [-0.2, 0) is 28.6 Å². The molecule has 0 aromatic carbocycles. The molecule has 1 aliphatic heterocycles. The lowest BCUT2D eigenvalue weighted by atomic mass is 10.3. The summed E-state index contributed by atoms with van der Waals surface area (Å²) < 4.78 is 31.4. The third kappa shape index (κ3) is 3.82. The summed E-state index contributed by atoms with van der Waals surface area (Å²) in [5.41, 5.74) is -1.04. The van der Waals surface area contributed by atoms with E-state index in [9.17, 15) is 18.0 Å². The Bertz CT molecular complexity index is 440. The Balaban J connectivity index is 2.40. The maximum absolute atomic E-state index is 11.2. The van der Waals surface area contributed by atoms with E-state index in [-0.39, 0.29) is 18.6 Å². The molecule has 1 rings (SSSR count). The fraction of sp³-hybridized carbons (Fsp3) is 0.556. The summed E-state index contributed by atoms with van der Waals surface area (Å²) in [6.45, 7) is 4.45. The molecular formula is C9H13NO6S. The number of amides is 1. The minimum absolute atomic E-state index is 0.00158. The highest BCUT2D eigenvalue weighted by atomic mass is 32.2. The molecule has 0 saturated carbocycles. The highest BCUT2D eigenvalue weighted by Gasteiger charge is 2.35. The molecular weight excluding hydrogens is 250 g/mol. The van der Waals surface area contributed by atoms with Crippen molar-refractivity contribution in [3.8, 4) is 0 Å². The van der Waals surface area contributed by atoms with Crippen LogP contribution in [0.2, 0.25) is 0 Å². The van der Waals surface area contributed by atoms with Crippen LogP contribution in [0, 0.1) is 0 Å². The second kappa shape index (κ2) is 5.28.